The Kier molecular flexibility index (Phi) is 6.19. The summed E-state index contributed by atoms with van der Waals surface area (Å²) in [5.41, 5.74) is 1.44. The van der Waals surface area contributed by atoms with Crippen LogP contribution in [0.4, 0.5) is 11.4 Å². The van der Waals surface area contributed by atoms with Gasteiger partial charge >= 0.3 is 0 Å². The predicted molar refractivity (Wildman–Crippen MR) is 114 cm³/mol. The van der Waals surface area contributed by atoms with Crippen LogP contribution in [0, 0.1) is 0 Å². The van der Waals surface area contributed by atoms with Crippen molar-refractivity contribution in [1.82, 2.24) is 0 Å². The average Bonchev–Trinajstić information content (AvgIpc) is 2.75. The van der Waals surface area contributed by atoms with Gasteiger partial charge in [0.2, 0.25) is 0 Å². The largest absolute Gasteiger partial charge is 0.492 e. The number of benzene rings is 3. The molecule has 0 heterocycles. The number of rotatable bonds is 7. The highest BCUT2D eigenvalue weighted by atomic mass is 32.2. The highest BCUT2D eigenvalue weighted by molar-refractivity contribution is 7.92. The Balaban J connectivity index is 1.77. The molecule has 3 aromatic carbocycles. The van der Waals surface area contributed by atoms with E-state index in [0.717, 1.165) is 0 Å². The van der Waals surface area contributed by atoms with Crippen molar-refractivity contribution in [2.45, 2.75) is 11.8 Å². The third kappa shape index (κ3) is 4.57. The quantitative estimate of drug-likeness (QED) is 0.635. The van der Waals surface area contributed by atoms with Crippen molar-refractivity contribution in [2.24, 2.45) is 0 Å². The number of sulfonamides is 1. The van der Waals surface area contributed by atoms with Gasteiger partial charge < -0.3 is 10.1 Å². The maximum atomic E-state index is 12.7. The van der Waals surface area contributed by atoms with Crippen molar-refractivity contribution in [3.8, 4) is 5.75 Å². The first kappa shape index (κ1) is 20.4. The van der Waals surface area contributed by atoms with E-state index in [1.165, 1.54) is 11.4 Å². The van der Waals surface area contributed by atoms with Crippen LogP contribution in [0.3, 0.4) is 0 Å². The van der Waals surface area contributed by atoms with Gasteiger partial charge in [0.25, 0.3) is 15.9 Å². The van der Waals surface area contributed by atoms with Gasteiger partial charge in [-0.25, -0.2) is 8.42 Å². The molecule has 0 aliphatic carbocycles. The van der Waals surface area contributed by atoms with Gasteiger partial charge in [0.1, 0.15) is 5.75 Å². The van der Waals surface area contributed by atoms with Crippen molar-refractivity contribution in [2.75, 3.05) is 23.3 Å². The van der Waals surface area contributed by atoms with Crippen LogP contribution < -0.4 is 14.4 Å². The Hall–Kier alpha value is -3.32. The molecule has 150 valence electrons. The number of hydrogen-bond acceptors (Lipinski definition) is 4. The summed E-state index contributed by atoms with van der Waals surface area (Å²) in [6.45, 7) is 2.36. The minimum Gasteiger partial charge on any atom is -0.492 e. The molecule has 0 radical (unpaired) electrons. The number of carbonyl (C=O) groups excluding carboxylic acids is 1. The zero-order valence-corrected chi connectivity index (χ0v) is 17.0. The molecule has 0 saturated carbocycles. The van der Waals surface area contributed by atoms with Crippen LogP contribution in [0.1, 0.15) is 17.3 Å². The average molecular weight is 410 g/mol. The highest BCUT2D eigenvalue weighted by Crippen LogP contribution is 2.25. The van der Waals surface area contributed by atoms with Gasteiger partial charge in [0, 0.05) is 12.6 Å². The van der Waals surface area contributed by atoms with Gasteiger partial charge in [0.15, 0.2) is 0 Å². The van der Waals surface area contributed by atoms with Gasteiger partial charge in [-0.3, -0.25) is 9.10 Å². The van der Waals surface area contributed by atoms with Gasteiger partial charge in [-0.2, -0.15) is 0 Å². The molecule has 0 aliphatic rings. The number of anilines is 2. The van der Waals surface area contributed by atoms with Crippen LogP contribution in [0.15, 0.2) is 83.8 Å². The van der Waals surface area contributed by atoms with Gasteiger partial charge in [-0.15, -0.1) is 0 Å². The lowest BCUT2D eigenvalue weighted by Crippen LogP contribution is -2.26. The summed E-state index contributed by atoms with van der Waals surface area (Å²) in [6, 6.07) is 21.8. The van der Waals surface area contributed by atoms with Gasteiger partial charge in [-0.05, 0) is 55.5 Å². The number of para-hydroxylation sites is 2. The summed E-state index contributed by atoms with van der Waals surface area (Å²) in [4.78, 5) is 12.8. The molecule has 7 heteroatoms. The molecule has 3 aromatic rings. The molecule has 0 fully saturated rings. The van der Waals surface area contributed by atoms with E-state index in [4.69, 9.17) is 4.74 Å². The minimum atomic E-state index is -3.67. The molecule has 0 unspecified atom stereocenters. The zero-order valence-electron chi connectivity index (χ0n) is 16.2. The summed E-state index contributed by atoms with van der Waals surface area (Å²) < 4.78 is 32.2. The molecule has 0 aromatic heterocycles. The highest BCUT2D eigenvalue weighted by Gasteiger charge is 2.21. The number of nitrogens with zero attached hydrogens (tertiary/aromatic N) is 1. The van der Waals surface area contributed by atoms with Crippen LogP contribution >= 0.6 is 0 Å². The third-order valence-corrected chi connectivity index (χ3v) is 6.13. The van der Waals surface area contributed by atoms with Crippen LogP contribution in [0.25, 0.3) is 0 Å². The second kappa shape index (κ2) is 8.79. The van der Waals surface area contributed by atoms with E-state index in [0.29, 0.717) is 29.3 Å². The monoisotopic (exact) mass is 410 g/mol. The summed E-state index contributed by atoms with van der Waals surface area (Å²) in [6.07, 6.45) is 0. The van der Waals surface area contributed by atoms with Crippen LogP contribution in [-0.4, -0.2) is 28.0 Å². The Labute approximate surface area is 170 Å². The maximum Gasteiger partial charge on any atom is 0.264 e. The summed E-state index contributed by atoms with van der Waals surface area (Å²) in [5.74, 6) is 0.283. The van der Waals surface area contributed by atoms with Gasteiger partial charge in [0.05, 0.1) is 22.9 Å². The molecular weight excluding hydrogens is 388 g/mol. The topological polar surface area (TPSA) is 75.7 Å². The fraction of sp³-hybridized carbons (Fsp3) is 0.136. The Morgan fingerprint density at radius 2 is 1.55 bits per heavy atom. The summed E-state index contributed by atoms with van der Waals surface area (Å²) in [5, 5.41) is 2.82. The molecule has 0 aliphatic heterocycles. The third-order valence-electron chi connectivity index (χ3n) is 4.33. The lowest BCUT2D eigenvalue weighted by molar-refractivity contribution is 0.102. The molecule has 0 saturated heterocycles. The molecule has 0 bridgehead atoms. The molecule has 29 heavy (non-hydrogen) atoms. The molecule has 0 spiro atoms. The number of hydrogen-bond donors (Lipinski definition) is 1. The van der Waals surface area contributed by atoms with Crippen molar-refractivity contribution >= 4 is 27.3 Å². The number of carbonyl (C=O) groups is 1. The number of nitrogens with one attached hydrogen (secondary N) is 1. The van der Waals surface area contributed by atoms with Crippen LogP contribution in [-0.2, 0) is 10.0 Å². The standard InChI is InChI=1S/C22H22N2O4S/c1-3-28-21-12-8-7-11-20(21)23-22(25)17-13-15-18(16-14-17)24(2)29(26,27)19-9-5-4-6-10-19/h4-16H,3H2,1-2H3,(H,23,25). The van der Waals surface area contributed by atoms with E-state index in [9.17, 15) is 13.2 Å². The molecule has 1 amide bonds. The SMILES string of the molecule is CCOc1ccccc1NC(=O)c1ccc(N(C)S(=O)(=O)c2ccccc2)cc1. The van der Waals surface area contributed by atoms with Crippen molar-refractivity contribution in [3.05, 3.63) is 84.4 Å². The molecule has 6 nitrogen and oxygen atoms in total. The zero-order chi connectivity index (χ0) is 20.9. The molecule has 1 N–H and O–H groups in total. The summed E-state index contributed by atoms with van der Waals surface area (Å²) >= 11 is 0. The fourth-order valence-corrected chi connectivity index (χ4v) is 3.97. The first-order valence-corrected chi connectivity index (χ1v) is 10.5. The van der Waals surface area contributed by atoms with E-state index in [1.54, 1.807) is 66.7 Å². The minimum absolute atomic E-state index is 0.205. The van der Waals surface area contributed by atoms with Crippen molar-refractivity contribution in [1.29, 1.82) is 0 Å². The molecular formula is C22H22N2O4S. The van der Waals surface area contributed by atoms with E-state index >= 15 is 0 Å². The van der Waals surface area contributed by atoms with Crippen LogP contribution in [0.2, 0.25) is 0 Å². The molecule has 0 atom stereocenters. The number of amides is 1. The predicted octanol–water partition coefficient (Wildman–Crippen LogP) is 4.16. The van der Waals surface area contributed by atoms with E-state index in [-0.39, 0.29) is 10.8 Å². The second-order valence-corrected chi connectivity index (χ2v) is 8.19. The summed E-state index contributed by atoms with van der Waals surface area (Å²) in [7, 11) is -2.19. The Bertz CT molecular complexity index is 1080. The fourth-order valence-electron chi connectivity index (χ4n) is 2.76. The van der Waals surface area contributed by atoms with Crippen molar-refractivity contribution < 1.29 is 17.9 Å². The Morgan fingerprint density at radius 1 is 0.931 bits per heavy atom. The van der Waals surface area contributed by atoms with E-state index in [1.807, 2.05) is 19.1 Å². The lowest BCUT2D eigenvalue weighted by Gasteiger charge is -2.19. The smallest absolute Gasteiger partial charge is 0.264 e. The van der Waals surface area contributed by atoms with Gasteiger partial charge in [-0.1, -0.05) is 30.3 Å². The lowest BCUT2D eigenvalue weighted by atomic mass is 10.2. The van der Waals surface area contributed by atoms with E-state index < -0.39 is 10.0 Å². The maximum absolute atomic E-state index is 12.7. The Morgan fingerprint density at radius 3 is 2.21 bits per heavy atom. The normalized spacial score (nSPS) is 11.0. The molecule has 3 rings (SSSR count). The first-order chi connectivity index (χ1) is 13.9. The van der Waals surface area contributed by atoms with E-state index in [2.05, 4.69) is 5.32 Å². The van der Waals surface area contributed by atoms with Crippen LogP contribution in [0.5, 0.6) is 5.75 Å². The number of ether oxygens (including phenoxy) is 1. The second-order valence-electron chi connectivity index (χ2n) is 6.22. The first-order valence-electron chi connectivity index (χ1n) is 9.10. The van der Waals surface area contributed by atoms with Crippen molar-refractivity contribution in [3.63, 3.8) is 0 Å².